The largest absolute Gasteiger partial charge is 0.350 e. The van der Waals surface area contributed by atoms with Crippen molar-refractivity contribution in [2.45, 2.75) is 13.1 Å². The number of rotatable bonds is 5. The predicted molar refractivity (Wildman–Crippen MR) is 123 cm³/mol. The molecule has 0 radical (unpaired) electrons. The summed E-state index contributed by atoms with van der Waals surface area (Å²) >= 11 is 5.88. The summed E-state index contributed by atoms with van der Waals surface area (Å²) in [6, 6.07) is 22.9. The van der Waals surface area contributed by atoms with Crippen LogP contribution in [0.2, 0.25) is 5.02 Å². The number of carbonyl (C=O) groups excluding carboxylic acids is 1. The Morgan fingerprint density at radius 3 is 2.62 bits per heavy atom. The van der Waals surface area contributed by atoms with Gasteiger partial charge in [-0.25, -0.2) is 9.20 Å². The number of hydrogen-bond acceptors (Lipinski definition) is 4. The minimum absolute atomic E-state index is 0.183. The average Bonchev–Trinajstić information content (AvgIpc) is 3.25. The summed E-state index contributed by atoms with van der Waals surface area (Å²) in [5.41, 5.74) is 2.49. The monoisotopic (exact) mass is 443 g/mol. The maximum atomic E-state index is 12.9. The van der Waals surface area contributed by atoms with Crippen LogP contribution in [0.1, 0.15) is 5.56 Å². The number of nitrogens with zero attached hydrogens (tertiary/aromatic N) is 4. The third kappa shape index (κ3) is 3.86. The van der Waals surface area contributed by atoms with E-state index in [1.165, 1.54) is 10.8 Å². The molecule has 0 aliphatic rings. The molecule has 1 amide bonds. The van der Waals surface area contributed by atoms with Crippen molar-refractivity contribution in [2.24, 2.45) is 0 Å². The van der Waals surface area contributed by atoms with Crippen molar-refractivity contribution in [1.82, 2.24) is 24.7 Å². The van der Waals surface area contributed by atoms with E-state index in [1.54, 1.807) is 18.2 Å². The van der Waals surface area contributed by atoms with Crippen molar-refractivity contribution in [1.29, 1.82) is 0 Å². The number of nitrogens with one attached hydrogen (secondary N) is 1. The van der Waals surface area contributed by atoms with Crippen molar-refractivity contribution < 1.29 is 4.79 Å². The van der Waals surface area contributed by atoms with Crippen LogP contribution in [0.4, 0.5) is 0 Å². The van der Waals surface area contributed by atoms with Gasteiger partial charge in [-0.15, -0.1) is 0 Å². The zero-order chi connectivity index (χ0) is 22.1. The molecule has 0 bridgehead atoms. The van der Waals surface area contributed by atoms with Gasteiger partial charge in [0, 0.05) is 17.1 Å². The molecule has 0 fully saturated rings. The van der Waals surface area contributed by atoms with Gasteiger partial charge in [-0.1, -0.05) is 66.2 Å². The molecule has 32 heavy (non-hydrogen) atoms. The van der Waals surface area contributed by atoms with Crippen LogP contribution in [0.3, 0.4) is 0 Å². The molecule has 1 N–H and O–H groups in total. The van der Waals surface area contributed by atoms with Crippen LogP contribution in [0.25, 0.3) is 27.5 Å². The summed E-state index contributed by atoms with van der Waals surface area (Å²) in [4.78, 5) is 25.3. The molecule has 0 saturated carbocycles. The smallest absolute Gasteiger partial charge is 0.293 e. The van der Waals surface area contributed by atoms with E-state index in [0.29, 0.717) is 22.8 Å². The average molecular weight is 444 g/mol. The number of benzene rings is 3. The second-order valence-electron chi connectivity index (χ2n) is 7.38. The van der Waals surface area contributed by atoms with Gasteiger partial charge in [0.25, 0.3) is 5.56 Å². The number of hydrogen-bond donors (Lipinski definition) is 1. The molecular formula is C24H18ClN5O2. The standard InChI is InChI=1S/C24H18ClN5O2/c25-18-10-8-16(9-11-18)13-26-23(31)14-29-24(32)22-12-21(28-30(22)15-27-29)20-7-3-5-17-4-1-2-6-19(17)20/h1-12,15H,13-14H2,(H,26,31). The number of aromatic nitrogens is 4. The lowest BCUT2D eigenvalue weighted by atomic mass is 10.0. The predicted octanol–water partition coefficient (Wildman–Crippen LogP) is 3.68. The molecule has 0 aliphatic heterocycles. The number of amides is 1. The van der Waals surface area contributed by atoms with Crippen LogP contribution in [0.5, 0.6) is 0 Å². The van der Waals surface area contributed by atoms with Gasteiger partial charge in [0.1, 0.15) is 18.4 Å². The summed E-state index contributed by atoms with van der Waals surface area (Å²) < 4.78 is 2.59. The Balaban J connectivity index is 1.40. The first-order chi connectivity index (χ1) is 15.6. The van der Waals surface area contributed by atoms with Gasteiger partial charge in [0.15, 0.2) is 0 Å². The van der Waals surface area contributed by atoms with Gasteiger partial charge >= 0.3 is 0 Å². The molecule has 7 nitrogen and oxygen atoms in total. The molecule has 8 heteroatoms. The molecule has 5 rings (SSSR count). The SMILES string of the molecule is O=C(Cn1ncn2nc(-c3cccc4ccccc34)cc2c1=O)NCc1ccc(Cl)cc1. The van der Waals surface area contributed by atoms with Gasteiger partial charge in [0.2, 0.25) is 5.91 Å². The molecule has 158 valence electrons. The Bertz CT molecular complexity index is 1500. The second-order valence-corrected chi connectivity index (χ2v) is 7.82. The third-order valence-corrected chi connectivity index (χ3v) is 5.50. The maximum absolute atomic E-state index is 12.9. The zero-order valence-electron chi connectivity index (χ0n) is 16.9. The zero-order valence-corrected chi connectivity index (χ0v) is 17.7. The molecule has 0 spiro atoms. The highest BCUT2D eigenvalue weighted by molar-refractivity contribution is 6.30. The highest BCUT2D eigenvalue weighted by atomic mass is 35.5. The first kappa shape index (κ1) is 20.0. The molecule has 5 aromatic rings. The van der Waals surface area contributed by atoms with E-state index in [-0.39, 0.29) is 18.0 Å². The van der Waals surface area contributed by atoms with Crippen LogP contribution < -0.4 is 10.9 Å². The van der Waals surface area contributed by atoms with Crippen LogP contribution in [0, 0.1) is 0 Å². The summed E-state index contributed by atoms with van der Waals surface area (Å²) in [6.45, 7) is 0.155. The van der Waals surface area contributed by atoms with E-state index in [1.807, 2.05) is 54.6 Å². The van der Waals surface area contributed by atoms with Crippen LogP contribution >= 0.6 is 11.6 Å². The minimum Gasteiger partial charge on any atom is -0.350 e. The van der Waals surface area contributed by atoms with E-state index in [0.717, 1.165) is 26.6 Å². The molecule has 2 aromatic heterocycles. The van der Waals surface area contributed by atoms with Crippen molar-refractivity contribution in [3.63, 3.8) is 0 Å². The fourth-order valence-electron chi connectivity index (χ4n) is 3.63. The topological polar surface area (TPSA) is 81.3 Å². The van der Waals surface area contributed by atoms with Crippen LogP contribution in [-0.2, 0) is 17.9 Å². The lowest BCUT2D eigenvalue weighted by molar-refractivity contribution is -0.122. The molecule has 0 atom stereocenters. The van der Waals surface area contributed by atoms with Gasteiger partial charge < -0.3 is 5.32 Å². The van der Waals surface area contributed by atoms with Crippen molar-refractivity contribution in [2.75, 3.05) is 0 Å². The summed E-state index contributed by atoms with van der Waals surface area (Å²) in [6.07, 6.45) is 1.44. The Labute approximate surface area is 187 Å². The summed E-state index contributed by atoms with van der Waals surface area (Å²) in [5, 5.41) is 14.2. The number of fused-ring (bicyclic) bond motifs is 2. The Kier molecular flexibility index (Phi) is 5.17. The lowest BCUT2D eigenvalue weighted by Gasteiger charge is -2.07. The van der Waals surface area contributed by atoms with E-state index in [2.05, 4.69) is 15.5 Å². The van der Waals surface area contributed by atoms with Gasteiger partial charge in [0.05, 0.1) is 5.69 Å². The summed E-state index contributed by atoms with van der Waals surface area (Å²) in [5.74, 6) is -0.312. The van der Waals surface area contributed by atoms with E-state index in [4.69, 9.17) is 11.6 Å². The maximum Gasteiger partial charge on any atom is 0.293 e. The first-order valence-electron chi connectivity index (χ1n) is 10.0. The molecule has 0 aliphatic carbocycles. The Morgan fingerprint density at radius 2 is 1.78 bits per heavy atom. The van der Waals surface area contributed by atoms with Gasteiger partial charge in [-0.3, -0.25) is 9.59 Å². The van der Waals surface area contributed by atoms with E-state index in [9.17, 15) is 9.59 Å². The van der Waals surface area contributed by atoms with Crippen LogP contribution in [-0.4, -0.2) is 25.3 Å². The summed E-state index contributed by atoms with van der Waals surface area (Å²) in [7, 11) is 0. The van der Waals surface area contributed by atoms with Crippen molar-refractivity contribution >= 4 is 33.8 Å². The third-order valence-electron chi connectivity index (χ3n) is 5.25. The molecular weight excluding hydrogens is 426 g/mol. The van der Waals surface area contributed by atoms with E-state index < -0.39 is 0 Å². The molecule has 2 heterocycles. The fourth-order valence-corrected chi connectivity index (χ4v) is 3.75. The Morgan fingerprint density at radius 1 is 1.00 bits per heavy atom. The fraction of sp³-hybridized carbons (Fsp3) is 0.0833. The quantitative estimate of drug-likeness (QED) is 0.449. The van der Waals surface area contributed by atoms with E-state index >= 15 is 0 Å². The van der Waals surface area contributed by atoms with Gasteiger partial charge in [-0.2, -0.15) is 10.2 Å². The van der Waals surface area contributed by atoms with Crippen molar-refractivity contribution in [3.05, 3.63) is 100 Å². The molecule has 3 aromatic carbocycles. The molecule has 0 saturated heterocycles. The molecule has 0 unspecified atom stereocenters. The van der Waals surface area contributed by atoms with Crippen molar-refractivity contribution in [3.8, 4) is 11.3 Å². The van der Waals surface area contributed by atoms with Gasteiger partial charge in [-0.05, 0) is 34.5 Å². The first-order valence-corrected chi connectivity index (χ1v) is 10.4. The highest BCUT2D eigenvalue weighted by Gasteiger charge is 2.13. The number of carbonyl (C=O) groups is 1. The Hall–Kier alpha value is -3.97. The lowest BCUT2D eigenvalue weighted by Crippen LogP contribution is -2.34. The second kappa shape index (κ2) is 8.28. The highest BCUT2D eigenvalue weighted by Crippen LogP contribution is 2.27. The minimum atomic E-state index is -0.381. The normalized spacial score (nSPS) is 11.2. The number of halogens is 1. The van der Waals surface area contributed by atoms with Crippen LogP contribution in [0.15, 0.2) is 83.9 Å².